The number of aromatic nitrogens is 1. The van der Waals surface area contributed by atoms with Gasteiger partial charge in [-0.2, -0.15) is 13.2 Å². The molecule has 0 fully saturated rings. The molecular formula is C14H9F3N2S. The molecule has 1 aromatic heterocycles. The lowest BCUT2D eigenvalue weighted by molar-refractivity contribution is -0.137. The fourth-order valence-corrected chi connectivity index (χ4v) is 2.67. The third-order valence-electron chi connectivity index (χ3n) is 2.74. The van der Waals surface area contributed by atoms with Crippen molar-refractivity contribution < 1.29 is 13.2 Å². The third kappa shape index (κ3) is 2.60. The fourth-order valence-electron chi connectivity index (χ4n) is 1.80. The summed E-state index contributed by atoms with van der Waals surface area (Å²) < 4.78 is 38.6. The second-order valence-corrected chi connectivity index (χ2v) is 5.22. The van der Waals surface area contributed by atoms with Crippen LogP contribution in [0.4, 0.5) is 24.0 Å². The number of thiazole rings is 1. The second-order valence-electron chi connectivity index (χ2n) is 4.19. The Labute approximate surface area is 116 Å². The molecule has 0 saturated heterocycles. The minimum absolute atomic E-state index is 0.350. The molecule has 0 bridgehead atoms. The fraction of sp³-hybridized carbons (Fsp3) is 0.0714. The number of nitrogens with zero attached hydrogens (tertiary/aromatic N) is 1. The molecule has 0 unspecified atom stereocenters. The van der Waals surface area contributed by atoms with Gasteiger partial charge in [0.1, 0.15) is 0 Å². The molecule has 2 nitrogen and oxygen atoms in total. The number of hydrogen-bond donors (Lipinski definition) is 1. The monoisotopic (exact) mass is 294 g/mol. The number of para-hydroxylation sites is 1. The Morgan fingerprint density at radius 3 is 2.45 bits per heavy atom. The van der Waals surface area contributed by atoms with Gasteiger partial charge in [-0.05, 0) is 30.3 Å². The summed E-state index contributed by atoms with van der Waals surface area (Å²) >= 11 is 1.32. The molecule has 0 radical (unpaired) electrons. The molecule has 0 spiro atoms. The van der Waals surface area contributed by atoms with Gasteiger partial charge in [-0.15, -0.1) is 0 Å². The molecule has 3 aromatic rings. The molecule has 0 aliphatic heterocycles. The van der Waals surface area contributed by atoms with Crippen molar-refractivity contribution in [3.8, 4) is 0 Å². The van der Waals surface area contributed by atoms with E-state index in [0.29, 0.717) is 10.6 Å². The Morgan fingerprint density at radius 2 is 1.75 bits per heavy atom. The van der Waals surface area contributed by atoms with Gasteiger partial charge in [-0.3, -0.25) is 0 Å². The summed E-state index contributed by atoms with van der Waals surface area (Å²) in [4.78, 5) is 4.19. The average molecular weight is 294 g/mol. The molecule has 3 rings (SSSR count). The van der Waals surface area contributed by atoms with Crippen molar-refractivity contribution in [3.05, 3.63) is 54.1 Å². The highest BCUT2D eigenvalue weighted by Gasteiger charge is 2.30. The van der Waals surface area contributed by atoms with E-state index < -0.39 is 11.7 Å². The summed E-state index contributed by atoms with van der Waals surface area (Å²) in [6.07, 6.45) is -4.34. The first kappa shape index (κ1) is 12.9. The van der Waals surface area contributed by atoms with Crippen molar-refractivity contribution in [1.82, 2.24) is 4.98 Å². The van der Waals surface area contributed by atoms with E-state index in [1.807, 2.05) is 30.3 Å². The van der Waals surface area contributed by atoms with Crippen molar-refractivity contribution in [2.75, 3.05) is 5.32 Å². The van der Waals surface area contributed by atoms with Gasteiger partial charge in [0.25, 0.3) is 0 Å². The smallest absolute Gasteiger partial charge is 0.332 e. The Morgan fingerprint density at radius 1 is 1.00 bits per heavy atom. The Balaban J connectivity index is 1.95. The van der Waals surface area contributed by atoms with Crippen molar-refractivity contribution >= 4 is 32.4 Å². The highest BCUT2D eigenvalue weighted by atomic mass is 32.1. The molecule has 1 N–H and O–H groups in total. The standard InChI is InChI=1S/C14H9F3N2S/c15-14(16,17)9-6-7-12-11(8-9)19-13(20-12)18-10-4-2-1-3-5-10/h1-8H,(H,18,19). The van der Waals surface area contributed by atoms with E-state index in [1.54, 1.807) is 0 Å². The second kappa shape index (κ2) is 4.79. The van der Waals surface area contributed by atoms with Gasteiger partial charge in [0.05, 0.1) is 15.8 Å². The lowest BCUT2D eigenvalue weighted by atomic mass is 10.2. The van der Waals surface area contributed by atoms with Crippen LogP contribution in [0.1, 0.15) is 5.56 Å². The summed E-state index contributed by atoms with van der Waals surface area (Å²) in [7, 11) is 0. The quantitative estimate of drug-likeness (QED) is 0.714. The predicted octanol–water partition coefficient (Wildman–Crippen LogP) is 5.06. The van der Waals surface area contributed by atoms with E-state index in [9.17, 15) is 13.2 Å². The van der Waals surface area contributed by atoms with Gasteiger partial charge in [0.2, 0.25) is 0 Å². The number of halogens is 3. The van der Waals surface area contributed by atoms with Crippen LogP contribution in [0.3, 0.4) is 0 Å². The summed E-state index contributed by atoms with van der Waals surface area (Å²) in [5.74, 6) is 0. The van der Waals surface area contributed by atoms with E-state index in [2.05, 4.69) is 10.3 Å². The Bertz CT molecular complexity index is 735. The predicted molar refractivity (Wildman–Crippen MR) is 74.3 cm³/mol. The van der Waals surface area contributed by atoms with Crippen molar-refractivity contribution in [1.29, 1.82) is 0 Å². The van der Waals surface area contributed by atoms with Gasteiger partial charge in [-0.1, -0.05) is 29.5 Å². The maximum Gasteiger partial charge on any atom is 0.416 e. The van der Waals surface area contributed by atoms with Crippen LogP contribution in [0.2, 0.25) is 0 Å². The normalized spacial score (nSPS) is 11.8. The molecule has 20 heavy (non-hydrogen) atoms. The number of rotatable bonds is 2. The zero-order chi connectivity index (χ0) is 14.2. The number of fused-ring (bicyclic) bond motifs is 1. The minimum atomic E-state index is -4.34. The van der Waals surface area contributed by atoms with Crippen LogP contribution >= 0.6 is 11.3 Å². The number of benzene rings is 2. The molecule has 0 aliphatic rings. The van der Waals surface area contributed by atoms with E-state index in [-0.39, 0.29) is 0 Å². The molecule has 1 heterocycles. The molecule has 2 aromatic carbocycles. The van der Waals surface area contributed by atoms with Crippen molar-refractivity contribution in [2.45, 2.75) is 6.18 Å². The van der Waals surface area contributed by atoms with Crippen LogP contribution in [-0.4, -0.2) is 4.98 Å². The summed E-state index contributed by atoms with van der Waals surface area (Å²) in [6.45, 7) is 0. The molecule has 6 heteroatoms. The Kier molecular flexibility index (Phi) is 3.10. The van der Waals surface area contributed by atoms with Gasteiger partial charge in [0.15, 0.2) is 5.13 Å². The molecule has 102 valence electrons. The topological polar surface area (TPSA) is 24.9 Å². The number of anilines is 2. The maximum absolute atomic E-state index is 12.6. The average Bonchev–Trinajstić information content (AvgIpc) is 2.80. The number of alkyl halides is 3. The van der Waals surface area contributed by atoms with Crippen LogP contribution in [0.15, 0.2) is 48.5 Å². The zero-order valence-electron chi connectivity index (χ0n) is 10.1. The van der Waals surface area contributed by atoms with E-state index >= 15 is 0 Å². The van der Waals surface area contributed by atoms with E-state index in [1.165, 1.54) is 17.4 Å². The van der Waals surface area contributed by atoms with Gasteiger partial charge in [0, 0.05) is 5.69 Å². The highest BCUT2D eigenvalue weighted by molar-refractivity contribution is 7.22. The van der Waals surface area contributed by atoms with Gasteiger partial charge < -0.3 is 5.32 Å². The van der Waals surface area contributed by atoms with Crippen molar-refractivity contribution in [3.63, 3.8) is 0 Å². The van der Waals surface area contributed by atoms with Crippen LogP contribution in [0.5, 0.6) is 0 Å². The largest absolute Gasteiger partial charge is 0.416 e. The van der Waals surface area contributed by atoms with Crippen LogP contribution in [0.25, 0.3) is 10.2 Å². The molecular weight excluding hydrogens is 285 g/mol. The molecule has 0 atom stereocenters. The highest BCUT2D eigenvalue weighted by Crippen LogP contribution is 2.34. The first-order valence-corrected chi connectivity index (χ1v) is 6.64. The Hall–Kier alpha value is -2.08. The summed E-state index contributed by atoms with van der Waals surface area (Å²) in [5.41, 5.74) is 0.521. The molecule has 0 saturated carbocycles. The molecule has 0 aliphatic carbocycles. The maximum atomic E-state index is 12.6. The first-order chi connectivity index (χ1) is 9.52. The SMILES string of the molecule is FC(F)(F)c1ccc2sc(Nc3ccccc3)nc2c1. The summed E-state index contributed by atoms with van der Waals surface area (Å²) in [5, 5.41) is 3.65. The number of nitrogens with one attached hydrogen (secondary N) is 1. The van der Waals surface area contributed by atoms with E-state index in [4.69, 9.17) is 0 Å². The van der Waals surface area contributed by atoms with Crippen LogP contribution in [-0.2, 0) is 6.18 Å². The first-order valence-electron chi connectivity index (χ1n) is 5.82. The van der Waals surface area contributed by atoms with Crippen LogP contribution < -0.4 is 5.32 Å². The lowest BCUT2D eigenvalue weighted by Gasteiger charge is -2.04. The molecule has 0 amide bonds. The zero-order valence-corrected chi connectivity index (χ0v) is 10.9. The minimum Gasteiger partial charge on any atom is -0.332 e. The lowest BCUT2D eigenvalue weighted by Crippen LogP contribution is -2.03. The van der Waals surface area contributed by atoms with E-state index in [0.717, 1.165) is 22.5 Å². The van der Waals surface area contributed by atoms with Crippen LogP contribution in [0, 0.1) is 0 Å². The van der Waals surface area contributed by atoms with Crippen molar-refractivity contribution in [2.24, 2.45) is 0 Å². The van der Waals surface area contributed by atoms with Gasteiger partial charge >= 0.3 is 6.18 Å². The third-order valence-corrected chi connectivity index (χ3v) is 3.69. The summed E-state index contributed by atoms with van der Waals surface area (Å²) in [6, 6.07) is 13.0. The van der Waals surface area contributed by atoms with Gasteiger partial charge in [-0.25, -0.2) is 4.98 Å². The number of hydrogen-bond acceptors (Lipinski definition) is 3.